The van der Waals surface area contributed by atoms with Crippen LogP contribution in [0.1, 0.15) is 22.3 Å². The molecule has 0 fully saturated rings. The lowest BCUT2D eigenvalue weighted by Crippen LogP contribution is -2.02. The number of benzene rings is 3. The molecule has 2 N–H and O–H groups in total. The summed E-state index contributed by atoms with van der Waals surface area (Å²) in [5.74, 6) is 0.256. The number of nitrogens with zero attached hydrogens (tertiary/aromatic N) is 1. The topological polar surface area (TPSA) is 44.6 Å². The lowest BCUT2D eigenvalue weighted by atomic mass is 10.0. The van der Waals surface area contributed by atoms with Gasteiger partial charge >= 0.3 is 0 Å². The van der Waals surface area contributed by atoms with Crippen LogP contribution < -0.4 is 5.32 Å². The molecule has 4 rings (SSSR count). The van der Waals surface area contributed by atoms with Gasteiger partial charge in [-0.25, -0.2) is 4.99 Å². The van der Waals surface area contributed by atoms with Crippen molar-refractivity contribution in [3.05, 3.63) is 95.1 Å². The number of rotatable bonds is 2. The van der Waals surface area contributed by atoms with Crippen molar-refractivity contribution in [3.63, 3.8) is 0 Å². The molecule has 1 aliphatic rings. The zero-order chi connectivity index (χ0) is 18.1. The van der Waals surface area contributed by atoms with E-state index < -0.39 is 0 Å². The number of anilines is 1. The van der Waals surface area contributed by atoms with E-state index >= 15 is 0 Å². The van der Waals surface area contributed by atoms with Crippen LogP contribution in [0.3, 0.4) is 0 Å². The van der Waals surface area contributed by atoms with Crippen LogP contribution in [-0.2, 0) is 0 Å². The fourth-order valence-electron chi connectivity index (χ4n) is 3.04. The molecule has 3 heteroatoms. The smallest absolute Gasteiger partial charge is 0.125 e. The lowest BCUT2D eigenvalue weighted by Gasteiger charge is -2.13. The van der Waals surface area contributed by atoms with Gasteiger partial charge in [-0.2, -0.15) is 0 Å². The summed E-state index contributed by atoms with van der Waals surface area (Å²) in [6.07, 6.45) is 2.00. The molecule has 0 saturated carbocycles. The highest BCUT2D eigenvalue weighted by molar-refractivity contribution is 6.16. The maximum absolute atomic E-state index is 10.5. The van der Waals surface area contributed by atoms with Crippen LogP contribution in [0.15, 0.2) is 77.8 Å². The third-order valence-electron chi connectivity index (χ3n) is 4.49. The second-order valence-corrected chi connectivity index (χ2v) is 6.58. The number of hydrogen-bond acceptors (Lipinski definition) is 3. The molecule has 0 aromatic heterocycles. The molecule has 128 valence electrons. The average Bonchev–Trinajstić information content (AvgIpc) is 2.82. The van der Waals surface area contributed by atoms with Crippen molar-refractivity contribution < 1.29 is 5.11 Å². The number of fused-ring (bicyclic) bond motifs is 1. The Morgan fingerprint density at radius 1 is 0.846 bits per heavy atom. The molecule has 0 unspecified atom stereocenters. The first kappa shape index (κ1) is 16.2. The Labute approximate surface area is 153 Å². The van der Waals surface area contributed by atoms with Gasteiger partial charge in [0.2, 0.25) is 0 Å². The van der Waals surface area contributed by atoms with Crippen LogP contribution in [0.4, 0.5) is 11.4 Å². The predicted molar refractivity (Wildman–Crippen MR) is 108 cm³/mol. The van der Waals surface area contributed by atoms with Crippen molar-refractivity contribution in [1.29, 1.82) is 0 Å². The summed E-state index contributed by atoms with van der Waals surface area (Å²) in [4.78, 5) is 4.86. The molecule has 0 amide bonds. The van der Waals surface area contributed by atoms with Crippen LogP contribution in [0, 0.1) is 13.8 Å². The first-order chi connectivity index (χ1) is 12.6. The van der Waals surface area contributed by atoms with Crippen molar-refractivity contribution in [2.24, 2.45) is 4.99 Å². The summed E-state index contributed by atoms with van der Waals surface area (Å²) >= 11 is 0. The van der Waals surface area contributed by atoms with Crippen LogP contribution in [0.5, 0.6) is 5.75 Å². The minimum atomic E-state index is 0.256. The van der Waals surface area contributed by atoms with E-state index in [1.807, 2.05) is 49.4 Å². The van der Waals surface area contributed by atoms with Gasteiger partial charge in [-0.05, 0) is 49.8 Å². The first-order valence-corrected chi connectivity index (χ1v) is 8.63. The summed E-state index contributed by atoms with van der Waals surface area (Å²) in [5.41, 5.74) is 7.51. The number of hydrogen-bond donors (Lipinski definition) is 2. The highest BCUT2D eigenvalue weighted by Crippen LogP contribution is 2.34. The molecule has 1 aliphatic heterocycles. The first-order valence-electron chi connectivity index (χ1n) is 8.63. The van der Waals surface area contributed by atoms with E-state index in [1.54, 1.807) is 6.07 Å². The quantitative estimate of drug-likeness (QED) is 0.638. The van der Waals surface area contributed by atoms with Crippen LogP contribution in [0.2, 0.25) is 0 Å². The predicted octanol–water partition coefficient (Wildman–Crippen LogP) is 5.60. The lowest BCUT2D eigenvalue weighted by molar-refractivity contribution is 0.473. The number of aliphatic imine (C=N–C) groups is 1. The van der Waals surface area contributed by atoms with Crippen molar-refractivity contribution in [2.75, 3.05) is 5.32 Å². The molecule has 3 aromatic carbocycles. The van der Waals surface area contributed by atoms with E-state index in [9.17, 15) is 5.11 Å². The van der Waals surface area contributed by atoms with Gasteiger partial charge in [-0.1, -0.05) is 48.0 Å². The zero-order valence-corrected chi connectivity index (χ0v) is 14.8. The fourth-order valence-corrected chi connectivity index (χ4v) is 3.04. The second kappa shape index (κ2) is 6.52. The van der Waals surface area contributed by atoms with Gasteiger partial charge in [0, 0.05) is 11.1 Å². The minimum absolute atomic E-state index is 0.256. The van der Waals surface area contributed by atoms with Gasteiger partial charge < -0.3 is 10.4 Å². The SMILES string of the molecule is Cc1ccc(C2=Nc3ccccc3NC(c3ccc(C)cc3O)=C2)cc1. The molecule has 0 radical (unpaired) electrons. The molecule has 0 bridgehead atoms. The maximum atomic E-state index is 10.5. The standard InChI is InChI=1S/C23H20N2O/c1-15-7-10-17(11-8-15)21-14-22(18-12-9-16(2)13-23(18)26)25-20-6-4-3-5-19(20)24-21/h3-14,25-26H,1-2H3. The molecule has 0 spiro atoms. The molecule has 0 saturated heterocycles. The minimum Gasteiger partial charge on any atom is -0.507 e. The number of aryl methyl sites for hydroxylation is 2. The largest absolute Gasteiger partial charge is 0.507 e. The summed E-state index contributed by atoms with van der Waals surface area (Å²) in [6, 6.07) is 22.0. The Kier molecular flexibility index (Phi) is 4.05. The molecule has 0 atom stereocenters. The zero-order valence-electron chi connectivity index (χ0n) is 14.8. The molecule has 26 heavy (non-hydrogen) atoms. The van der Waals surface area contributed by atoms with Crippen LogP contribution in [-0.4, -0.2) is 10.8 Å². The summed E-state index contributed by atoms with van der Waals surface area (Å²) in [6.45, 7) is 4.04. The number of allylic oxidation sites excluding steroid dienone is 1. The number of para-hydroxylation sites is 2. The molecule has 0 aliphatic carbocycles. The van der Waals surface area contributed by atoms with E-state index in [-0.39, 0.29) is 5.75 Å². The average molecular weight is 340 g/mol. The number of aromatic hydroxyl groups is 1. The fraction of sp³-hybridized carbons (Fsp3) is 0.0870. The molecular weight excluding hydrogens is 320 g/mol. The Bertz CT molecular complexity index is 1030. The van der Waals surface area contributed by atoms with Crippen molar-refractivity contribution in [3.8, 4) is 5.75 Å². The Morgan fingerprint density at radius 3 is 2.35 bits per heavy atom. The van der Waals surface area contributed by atoms with Crippen LogP contribution >= 0.6 is 0 Å². The molecule has 3 aromatic rings. The summed E-state index contributed by atoms with van der Waals surface area (Å²) in [7, 11) is 0. The number of phenolic OH excluding ortho intramolecular Hbond substituents is 1. The van der Waals surface area contributed by atoms with Gasteiger partial charge in [0.15, 0.2) is 0 Å². The highest BCUT2D eigenvalue weighted by atomic mass is 16.3. The number of nitrogens with one attached hydrogen (secondary N) is 1. The molecule has 1 heterocycles. The summed E-state index contributed by atoms with van der Waals surface area (Å²) in [5, 5.41) is 13.9. The number of phenols is 1. The third kappa shape index (κ3) is 3.11. The van der Waals surface area contributed by atoms with Gasteiger partial charge in [-0.15, -0.1) is 0 Å². The van der Waals surface area contributed by atoms with Gasteiger partial charge in [0.25, 0.3) is 0 Å². The normalized spacial score (nSPS) is 13.2. The van der Waals surface area contributed by atoms with E-state index in [4.69, 9.17) is 4.99 Å². The highest BCUT2D eigenvalue weighted by Gasteiger charge is 2.15. The maximum Gasteiger partial charge on any atom is 0.125 e. The van der Waals surface area contributed by atoms with Gasteiger partial charge in [0.1, 0.15) is 5.75 Å². The van der Waals surface area contributed by atoms with Gasteiger partial charge in [0.05, 0.1) is 22.8 Å². The van der Waals surface area contributed by atoms with Crippen molar-refractivity contribution in [2.45, 2.75) is 13.8 Å². The van der Waals surface area contributed by atoms with Crippen molar-refractivity contribution >= 4 is 22.8 Å². The third-order valence-corrected chi connectivity index (χ3v) is 4.49. The second-order valence-electron chi connectivity index (χ2n) is 6.58. The van der Waals surface area contributed by atoms with Gasteiger partial charge in [-0.3, -0.25) is 0 Å². The van der Waals surface area contributed by atoms with Crippen molar-refractivity contribution in [1.82, 2.24) is 0 Å². The molecule has 3 nitrogen and oxygen atoms in total. The van der Waals surface area contributed by atoms with E-state index in [0.29, 0.717) is 0 Å². The summed E-state index contributed by atoms with van der Waals surface area (Å²) < 4.78 is 0. The molecular formula is C23H20N2O. The van der Waals surface area contributed by atoms with E-state index in [1.165, 1.54) is 5.56 Å². The van der Waals surface area contributed by atoms with E-state index in [2.05, 4.69) is 36.5 Å². The van der Waals surface area contributed by atoms with Crippen LogP contribution in [0.25, 0.3) is 5.70 Å². The Balaban J connectivity index is 1.89. The Hall–Kier alpha value is -3.33. The monoisotopic (exact) mass is 340 g/mol. The van der Waals surface area contributed by atoms with E-state index in [0.717, 1.165) is 39.5 Å². The Morgan fingerprint density at radius 2 is 1.58 bits per heavy atom.